The van der Waals surface area contributed by atoms with Crippen molar-refractivity contribution in [2.75, 3.05) is 6.54 Å². The van der Waals surface area contributed by atoms with Crippen LogP contribution in [0.15, 0.2) is 24.3 Å². The molecule has 1 N–H and O–H groups in total. The summed E-state index contributed by atoms with van der Waals surface area (Å²) in [5.74, 6) is -0.719. The van der Waals surface area contributed by atoms with E-state index in [0.29, 0.717) is 0 Å². The van der Waals surface area contributed by atoms with Crippen molar-refractivity contribution in [3.05, 3.63) is 35.4 Å². The zero-order valence-corrected chi connectivity index (χ0v) is 10.7. The minimum Gasteiger partial charge on any atom is -0.480 e. The Morgan fingerprint density at radius 3 is 2.72 bits per heavy atom. The summed E-state index contributed by atoms with van der Waals surface area (Å²) in [5, 5.41) is 9.20. The van der Waals surface area contributed by atoms with E-state index in [1.165, 1.54) is 30.4 Å². The van der Waals surface area contributed by atoms with Crippen molar-refractivity contribution in [3.8, 4) is 0 Å². The Labute approximate surface area is 107 Å². The smallest absolute Gasteiger partial charge is 0.320 e. The quantitative estimate of drug-likeness (QED) is 0.869. The van der Waals surface area contributed by atoms with E-state index in [4.69, 9.17) is 0 Å². The van der Waals surface area contributed by atoms with E-state index in [2.05, 4.69) is 29.2 Å². The third-order valence-corrected chi connectivity index (χ3v) is 4.68. The standard InChI is InChI=1S/C15H19NO2/c1-11(14(17)18)16-9-12-5-2-3-6-13(12)15(10-16)7-4-8-15/h2-3,5-6,11H,4,7-10H2,1H3,(H,17,18). The lowest BCUT2D eigenvalue weighted by molar-refractivity contribution is -0.143. The fourth-order valence-electron chi connectivity index (χ4n) is 3.39. The summed E-state index contributed by atoms with van der Waals surface area (Å²) in [7, 11) is 0. The van der Waals surface area contributed by atoms with Crippen LogP contribution in [0.4, 0.5) is 0 Å². The second-order valence-electron chi connectivity index (χ2n) is 5.71. The third kappa shape index (κ3) is 1.65. The van der Waals surface area contributed by atoms with Crippen LogP contribution in [0.2, 0.25) is 0 Å². The molecule has 3 nitrogen and oxygen atoms in total. The predicted molar refractivity (Wildman–Crippen MR) is 69.5 cm³/mol. The van der Waals surface area contributed by atoms with E-state index >= 15 is 0 Å². The maximum absolute atomic E-state index is 11.2. The van der Waals surface area contributed by atoms with Crippen molar-refractivity contribution >= 4 is 5.97 Å². The van der Waals surface area contributed by atoms with Gasteiger partial charge < -0.3 is 5.11 Å². The number of rotatable bonds is 2. The molecule has 0 saturated heterocycles. The van der Waals surface area contributed by atoms with Crippen LogP contribution in [-0.4, -0.2) is 28.6 Å². The molecule has 1 spiro atoms. The third-order valence-electron chi connectivity index (χ3n) is 4.68. The highest BCUT2D eigenvalue weighted by molar-refractivity contribution is 5.73. The summed E-state index contributed by atoms with van der Waals surface area (Å²) < 4.78 is 0. The summed E-state index contributed by atoms with van der Waals surface area (Å²) in [6.45, 7) is 3.46. The highest BCUT2D eigenvalue weighted by Gasteiger charge is 2.45. The van der Waals surface area contributed by atoms with Crippen LogP contribution in [-0.2, 0) is 16.8 Å². The largest absolute Gasteiger partial charge is 0.480 e. The second kappa shape index (κ2) is 4.09. The van der Waals surface area contributed by atoms with Crippen LogP contribution in [0.5, 0.6) is 0 Å². The van der Waals surface area contributed by atoms with Crippen LogP contribution >= 0.6 is 0 Å². The van der Waals surface area contributed by atoms with Crippen LogP contribution in [0.1, 0.15) is 37.3 Å². The van der Waals surface area contributed by atoms with Gasteiger partial charge in [-0.2, -0.15) is 0 Å². The summed E-state index contributed by atoms with van der Waals surface area (Å²) in [6, 6.07) is 8.15. The maximum atomic E-state index is 11.2. The average molecular weight is 245 g/mol. The highest BCUT2D eigenvalue weighted by Crippen LogP contribution is 2.48. The van der Waals surface area contributed by atoms with Gasteiger partial charge in [0.05, 0.1) is 0 Å². The first-order chi connectivity index (χ1) is 8.62. The molecule has 1 aliphatic heterocycles. The molecule has 3 heteroatoms. The molecule has 1 aromatic carbocycles. The second-order valence-corrected chi connectivity index (χ2v) is 5.71. The zero-order chi connectivity index (χ0) is 12.8. The molecule has 3 rings (SSSR count). The lowest BCUT2D eigenvalue weighted by atomic mass is 9.61. The minimum atomic E-state index is -0.719. The molecule has 1 aliphatic carbocycles. The van der Waals surface area contributed by atoms with Gasteiger partial charge in [-0.25, -0.2) is 0 Å². The van der Waals surface area contributed by atoms with Gasteiger partial charge in [-0.1, -0.05) is 30.7 Å². The first kappa shape index (κ1) is 11.7. The number of nitrogens with zero attached hydrogens (tertiary/aromatic N) is 1. The van der Waals surface area contributed by atoms with Crippen LogP contribution < -0.4 is 0 Å². The van der Waals surface area contributed by atoms with Crippen LogP contribution in [0.25, 0.3) is 0 Å². The van der Waals surface area contributed by atoms with Gasteiger partial charge in [0, 0.05) is 18.5 Å². The molecule has 0 radical (unpaired) electrons. The van der Waals surface area contributed by atoms with Gasteiger partial charge in [-0.15, -0.1) is 0 Å². The van der Waals surface area contributed by atoms with Gasteiger partial charge in [0.25, 0.3) is 0 Å². The summed E-state index contributed by atoms with van der Waals surface area (Å²) in [4.78, 5) is 13.3. The fraction of sp³-hybridized carbons (Fsp3) is 0.533. The van der Waals surface area contributed by atoms with E-state index in [0.717, 1.165) is 13.1 Å². The Hall–Kier alpha value is -1.35. The molecular formula is C15H19NO2. The summed E-state index contributed by atoms with van der Waals surface area (Å²) in [6.07, 6.45) is 3.67. The van der Waals surface area contributed by atoms with Gasteiger partial charge in [-0.3, -0.25) is 9.69 Å². The first-order valence-electron chi connectivity index (χ1n) is 6.68. The normalized spacial score (nSPS) is 23.2. The molecular weight excluding hydrogens is 226 g/mol. The molecule has 1 heterocycles. The van der Waals surface area contributed by atoms with Crippen molar-refractivity contribution in [2.45, 2.75) is 44.2 Å². The van der Waals surface area contributed by atoms with E-state index in [1.54, 1.807) is 6.92 Å². The monoisotopic (exact) mass is 245 g/mol. The summed E-state index contributed by atoms with van der Waals surface area (Å²) >= 11 is 0. The van der Waals surface area contributed by atoms with Crippen LogP contribution in [0.3, 0.4) is 0 Å². The average Bonchev–Trinajstić information content (AvgIpc) is 2.34. The molecule has 1 atom stereocenters. The van der Waals surface area contributed by atoms with Crippen molar-refractivity contribution in [2.24, 2.45) is 0 Å². The van der Waals surface area contributed by atoms with E-state index in [9.17, 15) is 9.90 Å². The lowest BCUT2D eigenvalue weighted by Gasteiger charge is -2.51. The van der Waals surface area contributed by atoms with Crippen molar-refractivity contribution in [1.29, 1.82) is 0 Å². The maximum Gasteiger partial charge on any atom is 0.320 e. The Morgan fingerprint density at radius 2 is 2.11 bits per heavy atom. The summed E-state index contributed by atoms with van der Waals surface area (Å²) in [5.41, 5.74) is 3.01. The molecule has 1 saturated carbocycles. The molecule has 96 valence electrons. The number of hydrogen-bond acceptors (Lipinski definition) is 2. The Balaban J connectivity index is 1.96. The Kier molecular flexibility index (Phi) is 2.67. The molecule has 2 aliphatic rings. The number of carboxylic acids is 1. The van der Waals surface area contributed by atoms with Gasteiger partial charge in [0.15, 0.2) is 0 Å². The predicted octanol–water partition coefficient (Wildman–Crippen LogP) is 2.40. The molecule has 0 amide bonds. The van der Waals surface area contributed by atoms with Gasteiger partial charge in [0.1, 0.15) is 6.04 Å². The molecule has 1 aromatic rings. The van der Waals surface area contributed by atoms with E-state index < -0.39 is 12.0 Å². The number of fused-ring (bicyclic) bond motifs is 2. The fourth-order valence-corrected chi connectivity index (χ4v) is 3.39. The number of carbonyl (C=O) groups is 1. The van der Waals surface area contributed by atoms with E-state index in [-0.39, 0.29) is 5.41 Å². The molecule has 1 fully saturated rings. The van der Waals surface area contributed by atoms with E-state index in [1.807, 2.05) is 0 Å². The molecule has 0 bridgehead atoms. The number of aliphatic carboxylic acids is 1. The van der Waals surface area contributed by atoms with Crippen molar-refractivity contribution < 1.29 is 9.90 Å². The Morgan fingerprint density at radius 1 is 1.39 bits per heavy atom. The molecule has 18 heavy (non-hydrogen) atoms. The lowest BCUT2D eigenvalue weighted by Crippen LogP contribution is -2.53. The van der Waals surface area contributed by atoms with Gasteiger partial charge >= 0.3 is 5.97 Å². The highest BCUT2D eigenvalue weighted by atomic mass is 16.4. The SMILES string of the molecule is CC(C(=O)O)N1Cc2ccccc2C2(CCC2)C1. The molecule has 1 unspecified atom stereocenters. The number of hydrogen-bond donors (Lipinski definition) is 1. The number of carboxylic acid groups (broad SMARTS) is 1. The van der Waals surface area contributed by atoms with Crippen LogP contribution in [0, 0.1) is 0 Å². The zero-order valence-electron chi connectivity index (χ0n) is 10.7. The topological polar surface area (TPSA) is 40.5 Å². The number of benzene rings is 1. The van der Waals surface area contributed by atoms with Gasteiger partial charge in [-0.05, 0) is 30.9 Å². The van der Waals surface area contributed by atoms with Crippen molar-refractivity contribution in [1.82, 2.24) is 4.90 Å². The van der Waals surface area contributed by atoms with Gasteiger partial charge in [0.2, 0.25) is 0 Å². The Bertz CT molecular complexity index is 479. The van der Waals surface area contributed by atoms with Crippen molar-refractivity contribution in [3.63, 3.8) is 0 Å². The molecule has 0 aromatic heterocycles. The first-order valence-corrected chi connectivity index (χ1v) is 6.68. The minimum absolute atomic E-state index is 0.235.